The number of nitrogens with two attached hydrogens (primary N) is 1. The standard InChI is InChI=1S/C13H18FNO3S/c1-18-13-3-2-9(6-11(13)14)7-12(15)10-4-5-19(16,17)8-10/h2-3,6,10,12H,4-5,7-8,15H2,1H3. The SMILES string of the molecule is COc1ccc(CC(N)C2CCS(=O)(=O)C2)cc1F. The van der Waals surface area contributed by atoms with Gasteiger partial charge >= 0.3 is 0 Å². The quantitative estimate of drug-likeness (QED) is 0.901. The Balaban J connectivity index is 2.03. The van der Waals surface area contributed by atoms with E-state index in [0.29, 0.717) is 12.8 Å². The molecule has 0 amide bonds. The second-order valence-corrected chi connectivity index (χ2v) is 7.23. The zero-order valence-electron chi connectivity index (χ0n) is 10.8. The third-order valence-corrected chi connectivity index (χ3v) is 5.35. The lowest BCUT2D eigenvalue weighted by atomic mass is 9.94. The van der Waals surface area contributed by atoms with Gasteiger partial charge in [0.15, 0.2) is 21.4 Å². The Kier molecular flexibility index (Phi) is 4.10. The lowest BCUT2D eigenvalue weighted by Crippen LogP contribution is -2.33. The molecule has 1 aromatic rings. The van der Waals surface area contributed by atoms with Crippen LogP contribution >= 0.6 is 0 Å². The Labute approximate surface area is 112 Å². The van der Waals surface area contributed by atoms with Crippen molar-refractivity contribution in [2.45, 2.75) is 18.9 Å². The van der Waals surface area contributed by atoms with Crippen molar-refractivity contribution in [3.05, 3.63) is 29.6 Å². The molecule has 1 fully saturated rings. The molecule has 4 nitrogen and oxygen atoms in total. The van der Waals surface area contributed by atoms with Crippen molar-refractivity contribution >= 4 is 9.84 Å². The lowest BCUT2D eigenvalue weighted by Gasteiger charge is -2.18. The Morgan fingerprint density at radius 3 is 2.79 bits per heavy atom. The van der Waals surface area contributed by atoms with Crippen molar-refractivity contribution in [1.29, 1.82) is 0 Å². The van der Waals surface area contributed by atoms with Gasteiger partial charge in [0.05, 0.1) is 18.6 Å². The van der Waals surface area contributed by atoms with Gasteiger partial charge in [0.25, 0.3) is 0 Å². The number of hydrogen-bond donors (Lipinski definition) is 1. The van der Waals surface area contributed by atoms with Crippen molar-refractivity contribution in [2.24, 2.45) is 11.7 Å². The summed E-state index contributed by atoms with van der Waals surface area (Å²) < 4.78 is 41.2. The number of methoxy groups -OCH3 is 1. The third-order valence-electron chi connectivity index (χ3n) is 3.56. The van der Waals surface area contributed by atoms with Gasteiger partial charge in [-0.05, 0) is 36.5 Å². The van der Waals surface area contributed by atoms with Gasteiger partial charge in [0.1, 0.15) is 0 Å². The molecule has 1 aromatic carbocycles. The summed E-state index contributed by atoms with van der Waals surface area (Å²) in [6.45, 7) is 0. The van der Waals surface area contributed by atoms with E-state index in [2.05, 4.69) is 0 Å². The highest BCUT2D eigenvalue weighted by atomic mass is 32.2. The number of ether oxygens (including phenoxy) is 1. The molecule has 1 aliphatic heterocycles. The zero-order chi connectivity index (χ0) is 14.0. The predicted molar refractivity (Wildman–Crippen MR) is 71.4 cm³/mol. The number of sulfone groups is 1. The number of rotatable bonds is 4. The number of hydrogen-bond acceptors (Lipinski definition) is 4. The predicted octanol–water partition coefficient (Wildman–Crippen LogP) is 1.14. The summed E-state index contributed by atoms with van der Waals surface area (Å²) in [6, 6.07) is 4.45. The molecular formula is C13H18FNO3S. The molecule has 2 atom stereocenters. The van der Waals surface area contributed by atoms with Crippen molar-refractivity contribution < 1.29 is 17.5 Å². The minimum Gasteiger partial charge on any atom is -0.494 e. The molecule has 0 bridgehead atoms. The minimum atomic E-state index is -2.93. The van der Waals surface area contributed by atoms with Crippen LogP contribution < -0.4 is 10.5 Å². The van der Waals surface area contributed by atoms with Crippen LogP contribution in [0.4, 0.5) is 4.39 Å². The average Bonchev–Trinajstić information content (AvgIpc) is 2.70. The van der Waals surface area contributed by atoms with E-state index in [9.17, 15) is 12.8 Å². The first-order valence-corrected chi connectivity index (χ1v) is 8.02. The van der Waals surface area contributed by atoms with Gasteiger partial charge in [-0.15, -0.1) is 0 Å². The smallest absolute Gasteiger partial charge is 0.165 e. The van der Waals surface area contributed by atoms with Crippen LogP contribution in [0.1, 0.15) is 12.0 Å². The van der Waals surface area contributed by atoms with Crippen LogP contribution in [0.5, 0.6) is 5.75 Å². The molecule has 1 saturated heterocycles. The van der Waals surface area contributed by atoms with E-state index in [4.69, 9.17) is 10.5 Å². The Morgan fingerprint density at radius 2 is 2.26 bits per heavy atom. The van der Waals surface area contributed by atoms with E-state index < -0.39 is 15.7 Å². The van der Waals surface area contributed by atoms with Crippen molar-refractivity contribution in [3.8, 4) is 5.75 Å². The Hall–Kier alpha value is -1.14. The Bertz CT molecular complexity index is 559. The van der Waals surface area contributed by atoms with Gasteiger partial charge in [-0.3, -0.25) is 0 Å². The molecule has 0 radical (unpaired) electrons. The van der Waals surface area contributed by atoms with Crippen LogP contribution in [-0.4, -0.2) is 33.1 Å². The lowest BCUT2D eigenvalue weighted by molar-refractivity contribution is 0.385. The van der Waals surface area contributed by atoms with Crippen LogP contribution in [0, 0.1) is 11.7 Å². The van der Waals surface area contributed by atoms with Crippen LogP contribution in [0.2, 0.25) is 0 Å². The van der Waals surface area contributed by atoms with Gasteiger partial charge in [-0.25, -0.2) is 12.8 Å². The van der Waals surface area contributed by atoms with Crippen molar-refractivity contribution in [3.63, 3.8) is 0 Å². The second-order valence-electron chi connectivity index (χ2n) is 5.00. The summed E-state index contributed by atoms with van der Waals surface area (Å²) in [5.41, 5.74) is 6.79. The fraction of sp³-hybridized carbons (Fsp3) is 0.538. The van der Waals surface area contributed by atoms with E-state index in [0.717, 1.165) is 5.56 Å². The topological polar surface area (TPSA) is 69.4 Å². The van der Waals surface area contributed by atoms with E-state index >= 15 is 0 Å². The average molecular weight is 287 g/mol. The van der Waals surface area contributed by atoms with Crippen molar-refractivity contribution in [2.75, 3.05) is 18.6 Å². The summed E-state index contributed by atoms with van der Waals surface area (Å²) in [5, 5.41) is 0. The van der Waals surface area contributed by atoms with Gasteiger partial charge in [-0.2, -0.15) is 0 Å². The maximum Gasteiger partial charge on any atom is 0.165 e. The van der Waals surface area contributed by atoms with E-state index in [1.165, 1.54) is 13.2 Å². The molecule has 2 N–H and O–H groups in total. The largest absolute Gasteiger partial charge is 0.494 e. The summed E-state index contributed by atoms with van der Waals surface area (Å²) >= 11 is 0. The van der Waals surface area contributed by atoms with Crippen LogP contribution in [-0.2, 0) is 16.3 Å². The van der Waals surface area contributed by atoms with E-state index in [1.54, 1.807) is 12.1 Å². The Morgan fingerprint density at radius 1 is 1.53 bits per heavy atom. The number of benzene rings is 1. The maximum atomic E-state index is 13.5. The first kappa shape index (κ1) is 14.3. The summed E-state index contributed by atoms with van der Waals surface area (Å²) in [4.78, 5) is 0. The molecule has 1 heterocycles. The normalized spacial score (nSPS) is 23.2. The van der Waals surface area contributed by atoms with Gasteiger partial charge in [0.2, 0.25) is 0 Å². The molecule has 0 aliphatic carbocycles. The van der Waals surface area contributed by atoms with E-state index in [1.807, 2.05) is 0 Å². The van der Waals surface area contributed by atoms with E-state index in [-0.39, 0.29) is 29.2 Å². The molecule has 1 aliphatic rings. The fourth-order valence-electron chi connectivity index (χ4n) is 2.44. The first-order valence-electron chi connectivity index (χ1n) is 6.20. The molecule has 2 rings (SSSR count). The summed E-state index contributed by atoms with van der Waals surface area (Å²) in [7, 11) is -1.52. The maximum absolute atomic E-state index is 13.5. The summed E-state index contributed by atoms with van der Waals surface area (Å²) in [6.07, 6.45) is 1.07. The van der Waals surface area contributed by atoms with Gasteiger partial charge in [0, 0.05) is 6.04 Å². The highest BCUT2D eigenvalue weighted by Crippen LogP contribution is 2.24. The third kappa shape index (κ3) is 3.45. The molecule has 0 saturated carbocycles. The van der Waals surface area contributed by atoms with Crippen molar-refractivity contribution in [1.82, 2.24) is 0 Å². The molecule has 19 heavy (non-hydrogen) atoms. The molecule has 6 heteroatoms. The highest BCUT2D eigenvalue weighted by molar-refractivity contribution is 7.91. The molecule has 2 unspecified atom stereocenters. The molecule has 106 valence electrons. The molecule has 0 spiro atoms. The monoisotopic (exact) mass is 287 g/mol. The first-order chi connectivity index (χ1) is 8.91. The zero-order valence-corrected chi connectivity index (χ0v) is 11.6. The highest BCUT2D eigenvalue weighted by Gasteiger charge is 2.31. The summed E-state index contributed by atoms with van der Waals surface area (Å²) in [5.74, 6) is 0.0944. The fourth-order valence-corrected chi connectivity index (χ4v) is 4.33. The van der Waals surface area contributed by atoms with Gasteiger partial charge < -0.3 is 10.5 Å². The molecule has 0 aromatic heterocycles. The number of halogens is 1. The second kappa shape index (κ2) is 5.46. The van der Waals surface area contributed by atoms with Crippen LogP contribution in [0.15, 0.2) is 18.2 Å². The van der Waals surface area contributed by atoms with Crippen LogP contribution in [0.3, 0.4) is 0 Å². The molecular weight excluding hydrogens is 269 g/mol. The minimum absolute atomic E-state index is 0.0323. The van der Waals surface area contributed by atoms with Crippen LogP contribution in [0.25, 0.3) is 0 Å². The van der Waals surface area contributed by atoms with Gasteiger partial charge in [-0.1, -0.05) is 6.07 Å².